The molecule has 1 amide bonds. The van der Waals surface area contributed by atoms with E-state index in [1.807, 2.05) is 18.2 Å². The van der Waals surface area contributed by atoms with Crippen molar-refractivity contribution < 1.29 is 4.79 Å². The number of aryl methyl sites for hydroxylation is 2. The van der Waals surface area contributed by atoms with Crippen LogP contribution in [0.4, 0.5) is 5.69 Å². The second-order valence-electron chi connectivity index (χ2n) is 5.73. The van der Waals surface area contributed by atoms with Crippen LogP contribution in [0.3, 0.4) is 0 Å². The van der Waals surface area contributed by atoms with Gasteiger partial charge in [-0.1, -0.05) is 6.92 Å². The first-order valence-electron chi connectivity index (χ1n) is 7.71. The number of anilines is 1. The molecule has 0 saturated heterocycles. The van der Waals surface area contributed by atoms with Gasteiger partial charge in [-0.05, 0) is 37.5 Å². The molecule has 1 aliphatic carbocycles. The molecule has 0 bridgehead atoms. The van der Waals surface area contributed by atoms with Crippen molar-refractivity contribution in [2.45, 2.75) is 51.6 Å². The molecular formula is C16H22N4O. The van der Waals surface area contributed by atoms with E-state index in [0.717, 1.165) is 54.8 Å². The van der Waals surface area contributed by atoms with E-state index in [-0.39, 0.29) is 5.91 Å². The lowest BCUT2D eigenvalue weighted by atomic mass is 10.2. The molecule has 0 atom stereocenters. The highest BCUT2D eigenvalue weighted by molar-refractivity contribution is 5.80. The van der Waals surface area contributed by atoms with Crippen LogP contribution in [0.25, 0.3) is 11.0 Å². The number of nitrogen functional groups attached to an aromatic ring is 1. The molecule has 2 aromatic rings. The molecule has 1 fully saturated rings. The molecule has 0 spiro atoms. The minimum Gasteiger partial charge on any atom is -0.399 e. The van der Waals surface area contributed by atoms with Crippen molar-refractivity contribution in [2.75, 3.05) is 5.73 Å². The van der Waals surface area contributed by atoms with E-state index in [4.69, 9.17) is 5.73 Å². The number of nitrogens with two attached hydrogens (primary N) is 1. The fourth-order valence-electron chi connectivity index (χ4n) is 2.64. The lowest BCUT2D eigenvalue weighted by molar-refractivity contribution is -0.121. The summed E-state index contributed by atoms with van der Waals surface area (Å²) in [6.07, 6.45) is 4.57. The molecule has 1 aromatic carbocycles. The predicted octanol–water partition coefficient (Wildman–Crippen LogP) is 2.24. The molecule has 5 nitrogen and oxygen atoms in total. The van der Waals surface area contributed by atoms with E-state index >= 15 is 0 Å². The normalized spacial score (nSPS) is 14.5. The van der Waals surface area contributed by atoms with Crippen LogP contribution in [0.5, 0.6) is 0 Å². The zero-order valence-corrected chi connectivity index (χ0v) is 12.4. The Morgan fingerprint density at radius 3 is 3.00 bits per heavy atom. The van der Waals surface area contributed by atoms with Crippen molar-refractivity contribution in [3.05, 3.63) is 24.0 Å². The number of benzene rings is 1. The van der Waals surface area contributed by atoms with E-state index in [0.29, 0.717) is 12.5 Å². The fraction of sp³-hybridized carbons (Fsp3) is 0.500. The lowest BCUT2D eigenvalue weighted by Crippen LogP contribution is -2.25. The summed E-state index contributed by atoms with van der Waals surface area (Å²) in [5.74, 6) is 1.22. The number of hydrogen-bond donors (Lipinski definition) is 2. The Kier molecular flexibility index (Phi) is 3.82. The molecule has 1 saturated carbocycles. The summed E-state index contributed by atoms with van der Waals surface area (Å²) >= 11 is 0. The van der Waals surface area contributed by atoms with E-state index in [9.17, 15) is 4.79 Å². The van der Waals surface area contributed by atoms with Crippen LogP contribution < -0.4 is 11.1 Å². The van der Waals surface area contributed by atoms with E-state index < -0.39 is 0 Å². The number of rotatable bonds is 6. The van der Waals surface area contributed by atoms with E-state index in [1.54, 1.807) is 0 Å². The van der Waals surface area contributed by atoms with Crippen molar-refractivity contribution in [1.29, 1.82) is 0 Å². The summed E-state index contributed by atoms with van der Waals surface area (Å²) in [5, 5.41) is 3.03. The maximum Gasteiger partial charge on any atom is 0.220 e. The number of nitrogens with zero attached hydrogens (tertiary/aromatic N) is 2. The maximum absolute atomic E-state index is 11.7. The number of aromatic nitrogens is 2. The third kappa shape index (κ3) is 3.17. The number of hydrogen-bond acceptors (Lipinski definition) is 3. The van der Waals surface area contributed by atoms with Crippen LogP contribution >= 0.6 is 0 Å². The zero-order chi connectivity index (χ0) is 14.8. The summed E-state index contributed by atoms with van der Waals surface area (Å²) < 4.78 is 2.21. The summed E-state index contributed by atoms with van der Waals surface area (Å²) in [5.41, 5.74) is 8.59. The second kappa shape index (κ2) is 5.76. The smallest absolute Gasteiger partial charge is 0.220 e. The number of fused-ring (bicyclic) bond motifs is 1. The van der Waals surface area contributed by atoms with Crippen LogP contribution in [0.1, 0.15) is 38.4 Å². The highest BCUT2D eigenvalue weighted by Crippen LogP contribution is 2.21. The Labute approximate surface area is 124 Å². The van der Waals surface area contributed by atoms with Gasteiger partial charge in [0.1, 0.15) is 5.82 Å². The Morgan fingerprint density at radius 1 is 1.48 bits per heavy atom. The Morgan fingerprint density at radius 2 is 2.29 bits per heavy atom. The van der Waals surface area contributed by atoms with Gasteiger partial charge in [0.05, 0.1) is 11.0 Å². The Bertz CT molecular complexity index is 658. The quantitative estimate of drug-likeness (QED) is 0.800. The topological polar surface area (TPSA) is 72.9 Å². The molecule has 21 heavy (non-hydrogen) atoms. The molecule has 0 radical (unpaired) electrons. The minimum atomic E-state index is 0.171. The van der Waals surface area contributed by atoms with Gasteiger partial charge in [-0.25, -0.2) is 4.98 Å². The largest absolute Gasteiger partial charge is 0.399 e. The molecule has 3 rings (SSSR count). The Hall–Kier alpha value is -2.04. The summed E-state index contributed by atoms with van der Waals surface area (Å²) in [7, 11) is 0. The van der Waals surface area contributed by atoms with Crippen LogP contribution in [0, 0.1) is 0 Å². The van der Waals surface area contributed by atoms with Crippen molar-refractivity contribution >= 4 is 22.6 Å². The van der Waals surface area contributed by atoms with Crippen LogP contribution in [-0.2, 0) is 17.8 Å². The first kappa shape index (κ1) is 13.9. The average molecular weight is 286 g/mol. The SMILES string of the molecule is CCc1nc2cc(N)ccc2n1CCCC(=O)NC1CC1. The second-order valence-corrected chi connectivity index (χ2v) is 5.73. The molecule has 0 unspecified atom stereocenters. The van der Waals surface area contributed by atoms with Crippen molar-refractivity contribution in [3.8, 4) is 0 Å². The average Bonchev–Trinajstić information content (AvgIpc) is 3.19. The highest BCUT2D eigenvalue weighted by Gasteiger charge is 2.22. The molecule has 1 aliphatic rings. The number of amides is 1. The molecule has 112 valence electrons. The standard InChI is InChI=1S/C16H22N4O/c1-2-15-19-13-10-11(17)5-8-14(13)20(15)9-3-4-16(21)18-12-6-7-12/h5,8,10,12H,2-4,6-7,9,17H2,1H3,(H,18,21). The van der Waals surface area contributed by atoms with Gasteiger partial charge in [-0.15, -0.1) is 0 Å². The van der Waals surface area contributed by atoms with Gasteiger partial charge in [0.2, 0.25) is 5.91 Å². The molecule has 5 heteroatoms. The van der Waals surface area contributed by atoms with Gasteiger partial charge in [-0.2, -0.15) is 0 Å². The molecular weight excluding hydrogens is 264 g/mol. The van der Waals surface area contributed by atoms with E-state index in [2.05, 4.69) is 21.8 Å². The number of imidazole rings is 1. The molecule has 1 heterocycles. The van der Waals surface area contributed by atoms with Gasteiger partial charge < -0.3 is 15.6 Å². The molecule has 0 aliphatic heterocycles. The van der Waals surface area contributed by atoms with Crippen molar-refractivity contribution in [3.63, 3.8) is 0 Å². The third-order valence-electron chi connectivity index (χ3n) is 3.90. The Balaban J connectivity index is 1.68. The van der Waals surface area contributed by atoms with Gasteiger partial charge >= 0.3 is 0 Å². The van der Waals surface area contributed by atoms with Gasteiger partial charge in [0.25, 0.3) is 0 Å². The lowest BCUT2D eigenvalue weighted by Gasteiger charge is -2.08. The van der Waals surface area contributed by atoms with Crippen LogP contribution in [-0.4, -0.2) is 21.5 Å². The van der Waals surface area contributed by atoms with Gasteiger partial charge in [0, 0.05) is 31.1 Å². The molecule has 1 aromatic heterocycles. The number of carbonyl (C=O) groups is 1. The van der Waals surface area contributed by atoms with Crippen molar-refractivity contribution in [2.24, 2.45) is 0 Å². The highest BCUT2D eigenvalue weighted by atomic mass is 16.1. The maximum atomic E-state index is 11.7. The summed E-state index contributed by atoms with van der Waals surface area (Å²) in [6.45, 7) is 2.92. The third-order valence-corrected chi connectivity index (χ3v) is 3.90. The minimum absolute atomic E-state index is 0.171. The predicted molar refractivity (Wildman–Crippen MR) is 83.9 cm³/mol. The van der Waals surface area contributed by atoms with Gasteiger partial charge in [-0.3, -0.25) is 4.79 Å². The first-order chi connectivity index (χ1) is 10.2. The van der Waals surface area contributed by atoms with Crippen LogP contribution in [0.2, 0.25) is 0 Å². The van der Waals surface area contributed by atoms with Crippen LogP contribution in [0.15, 0.2) is 18.2 Å². The monoisotopic (exact) mass is 286 g/mol. The molecule has 3 N–H and O–H groups in total. The first-order valence-corrected chi connectivity index (χ1v) is 7.71. The summed E-state index contributed by atoms with van der Waals surface area (Å²) in [4.78, 5) is 16.4. The number of nitrogens with one attached hydrogen (secondary N) is 1. The van der Waals surface area contributed by atoms with Gasteiger partial charge in [0.15, 0.2) is 0 Å². The zero-order valence-electron chi connectivity index (χ0n) is 12.4. The number of carbonyl (C=O) groups excluding carboxylic acids is 1. The van der Waals surface area contributed by atoms with E-state index in [1.165, 1.54) is 0 Å². The summed E-state index contributed by atoms with van der Waals surface area (Å²) in [6, 6.07) is 6.27. The fourth-order valence-corrected chi connectivity index (χ4v) is 2.64. The van der Waals surface area contributed by atoms with Crippen molar-refractivity contribution in [1.82, 2.24) is 14.9 Å².